The fraction of sp³-hybridized carbons (Fsp3) is 0.292. The van der Waals surface area contributed by atoms with E-state index in [0.29, 0.717) is 42.8 Å². The van der Waals surface area contributed by atoms with Crippen LogP contribution < -0.4 is 27.4 Å². The first kappa shape index (κ1) is 26.8. The van der Waals surface area contributed by atoms with Crippen LogP contribution in [0.25, 0.3) is 0 Å². The summed E-state index contributed by atoms with van der Waals surface area (Å²) in [7, 11) is 0. The Balaban J connectivity index is 1.90. The van der Waals surface area contributed by atoms with Crippen LogP contribution in [0, 0.1) is 0 Å². The van der Waals surface area contributed by atoms with Crippen molar-refractivity contribution in [3.05, 3.63) is 66.4 Å². The second-order valence-electron chi connectivity index (χ2n) is 7.79. The lowest BCUT2D eigenvalue weighted by molar-refractivity contribution is -0.142. The van der Waals surface area contributed by atoms with Crippen molar-refractivity contribution in [1.29, 1.82) is 0 Å². The number of carbonyl (C=O) groups excluding carboxylic acids is 3. The van der Waals surface area contributed by atoms with Crippen LogP contribution in [-0.2, 0) is 25.6 Å². The molecule has 2 unspecified atom stereocenters. The number of hydrogen-bond acceptors (Lipinski definition) is 6. The molecule has 0 bridgehead atoms. The Bertz CT molecular complexity index is 1060. The number of Topliss-reactive ketones (excluding diaryl/α,β-unsaturated/α-hetero) is 1. The van der Waals surface area contributed by atoms with Crippen LogP contribution in [0.1, 0.15) is 24.8 Å². The third-order valence-corrected chi connectivity index (χ3v) is 5.19. The zero-order valence-electron chi connectivity index (χ0n) is 19.3. The van der Waals surface area contributed by atoms with Gasteiger partial charge in [-0.25, -0.2) is 4.79 Å². The highest BCUT2D eigenvalue weighted by Crippen LogP contribution is 2.18. The Morgan fingerprint density at radius 2 is 1.83 bits per heavy atom. The number of carbonyl (C=O) groups is 4. The fourth-order valence-corrected chi connectivity index (χ4v) is 3.40. The molecule has 0 saturated heterocycles. The number of rotatable bonds is 13. The van der Waals surface area contributed by atoms with Crippen molar-refractivity contribution in [1.82, 2.24) is 10.6 Å². The Kier molecular flexibility index (Phi) is 9.76. The molecule has 1 aromatic rings. The van der Waals surface area contributed by atoms with Crippen molar-refractivity contribution in [3.63, 3.8) is 0 Å². The summed E-state index contributed by atoms with van der Waals surface area (Å²) < 4.78 is 0. The normalized spacial score (nSPS) is 15.5. The second-order valence-corrected chi connectivity index (χ2v) is 7.79. The van der Waals surface area contributed by atoms with Crippen LogP contribution in [0.15, 0.2) is 65.8 Å². The lowest BCUT2D eigenvalue weighted by atomic mass is 10.0. The zero-order valence-corrected chi connectivity index (χ0v) is 19.3. The van der Waals surface area contributed by atoms with Crippen LogP contribution >= 0.6 is 0 Å². The predicted molar refractivity (Wildman–Crippen MR) is 132 cm³/mol. The number of carboxylic acid groups (broad SMARTS) is 1. The Morgan fingerprint density at radius 3 is 2.37 bits per heavy atom. The highest BCUT2D eigenvalue weighted by Gasteiger charge is 2.37. The number of benzene rings is 1. The van der Waals surface area contributed by atoms with E-state index in [-0.39, 0.29) is 23.9 Å². The third kappa shape index (κ3) is 7.84. The van der Waals surface area contributed by atoms with Gasteiger partial charge in [-0.15, -0.1) is 0 Å². The van der Waals surface area contributed by atoms with Crippen LogP contribution in [0.2, 0.25) is 0 Å². The first-order valence-corrected chi connectivity index (χ1v) is 10.9. The lowest BCUT2D eigenvalue weighted by Crippen LogP contribution is -2.51. The first-order chi connectivity index (χ1) is 16.7. The summed E-state index contributed by atoms with van der Waals surface area (Å²) in [6.07, 6.45) is 4.30. The van der Waals surface area contributed by atoms with Gasteiger partial charge in [-0.2, -0.15) is 0 Å². The summed E-state index contributed by atoms with van der Waals surface area (Å²) in [4.78, 5) is 52.6. The molecule has 1 aromatic carbocycles. The maximum atomic E-state index is 12.6. The molecule has 0 radical (unpaired) electrons. The molecular weight excluding hydrogens is 452 g/mol. The number of nitrogens with two attached hydrogens (primary N) is 2. The molecule has 2 atom stereocenters. The molecule has 1 heterocycles. The van der Waals surface area contributed by atoms with Crippen molar-refractivity contribution in [3.8, 4) is 0 Å². The molecular formula is C24H30N6O5. The topological polar surface area (TPSA) is 189 Å². The summed E-state index contributed by atoms with van der Waals surface area (Å²) in [6, 6.07) is 4.08. The summed E-state index contributed by atoms with van der Waals surface area (Å²) in [5.74, 6) is -2.67. The van der Waals surface area contributed by atoms with Gasteiger partial charge in [0.05, 0.1) is 0 Å². The molecule has 0 spiro atoms. The standard InChI is InChI=1S/C24H30N6O5/c1-3-16-17(4-2)29-20(21(16)32)22(33)30-18(23(34)35)13-14-8-10-15(11-9-14)28-19(31)7-5-6-12-27-24(25)26/h3-4,8-11,18,20,29H,1-2,5-7,12-13H2,(H,28,31)(H,30,33)(H,34,35)(H4,25,26,27). The van der Waals surface area contributed by atoms with Crippen LogP contribution in [-0.4, -0.2) is 53.3 Å². The average molecular weight is 483 g/mol. The molecule has 11 nitrogen and oxygen atoms in total. The van der Waals surface area contributed by atoms with E-state index in [4.69, 9.17) is 11.5 Å². The number of hydrogen-bond donors (Lipinski definition) is 6. The zero-order chi connectivity index (χ0) is 26.0. The number of nitrogens with one attached hydrogen (secondary N) is 3. The minimum absolute atomic E-state index is 0.0168. The van der Waals surface area contributed by atoms with E-state index in [1.165, 1.54) is 12.2 Å². The Hall–Kier alpha value is -4.41. The number of anilines is 1. The number of nitrogens with zero attached hydrogens (tertiary/aromatic N) is 1. The van der Waals surface area contributed by atoms with Gasteiger partial charge in [0, 0.05) is 36.3 Å². The molecule has 1 aliphatic heterocycles. The van der Waals surface area contributed by atoms with E-state index in [2.05, 4.69) is 34.1 Å². The van der Waals surface area contributed by atoms with Crippen molar-refractivity contribution in [2.45, 2.75) is 37.8 Å². The molecule has 0 aromatic heterocycles. The molecule has 0 aliphatic carbocycles. The van der Waals surface area contributed by atoms with E-state index in [9.17, 15) is 24.3 Å². The number of allylic oxidation sites excluding steroid dienone is 2. The number of guanidine groups is 1. The van der Waals surface area contributed by atoms with Gasteiger partial charge in [-0.05, 0) is 36.6 Å². The molecule has 0 saturated carbocycles. The Labute approximate surface area is 203 Å². The van der Waals surface area contributed by atoms with Gasteiger partial charge in [0.25, 0.3) is 5.91 Å². The van der Waals surface area contributed by atoms with Gasteiger partial charge in [0.1, 0.15) is 6.04 Å². The minimum Gasteiger partial charge on any atom is -0.480 e. The summed E-state index contributed by atoms with van der Waals surface area (Å²) in [5, 5.41) is 17.5. The van der Waals surface area contributed by atoms with E-state index in [0.717, 1.165) is 0 Å². The van der Waals surface area contributed by atoms with Crippen molar-refractivity contribution < 1.29 is 24.3 Å². The quantitative estimate of drug-likeness (QED) is 0.100. The summed E-state index contributed by atoms with van der Waals surface area (Å²) in [6.45, 7) is 7.59. The van der Waals surface area contributed by atoms with Crippen molar-refractivity contribution >= 4 is 35.2 Å². The van der Waals surface area contributed by atoms with Crippen LogP contribution in [0.4, 0.5) is 5.69 Å². The highest BCUT2D eigenvalue weighted by atomic mass is 16.4. The monoisotopic (exact) mass is 482 g/mol. The molecule has 11 heteroatoms. The number of ketones is 1. The lowest BCUT2D eigenvalue weighted by Gasteiger charge is -2.18. The van der Waals surface area contributed by atoms with E-state index in [1.807, 2.05) is 0 Å². The average Bonchev–Trinajstić information content (AvgIpc) is 3.14. The summed E-state index contributed by atoms with van der Waals surface area (Å²) in [5.41, 5.74) is 12.2. The maximum Gasteiger partial charge on any atom is 0.326 e. The van der Waals surface area contributed by atoms with Gasteiger partial charge in [0.2, 0.25) is 5.91 Å². The fourth-order valence-electron chi connectivity index (χ4n) is 3.40. The first-order valence-electron chi connectivity index (χ1n) is 10.9. The SMILES string of the molecule is C=CC1=C(C=C)C(=O)C(C(=O)NC(Cc2ccc(NC(=O)CCCCN=C(N)N)cc2)C(=O)O)N1. The smallest absolute Gasteiger partial charge is 0.326 e. The van der Waals surface area contributed by atoms with Crippen molar-refractivity contribution in [2.24, 2.45) is 16.5 Å². The largest absolute Gasteiger partial charge is 0.480 e. The third-order valence-electron chi connectivity index (χ3n) is 5.19. The van der Waals surface area contributed by atoms with E-state index in [1.54, 1.807) is 24.3 Å². The molecule has 1 aliphatic rings. The molecule has 0 fully saturated rings. The maximum absolute atomic E-state index is 12.6. The second kappa shape index (κ2) is 12.7. The molecule has 186 valence electrons. The molecule has 2 amide bonds. The highest BCUT2D eigenvalue weighted by molar-refractivity contribution is 6.17. The van der Waals surface area contributed by atoms with Crippen LogP contribution in [0.3, 0.4) is 0 Å². The number of aliphatic carboxylic acids is 1. The van der Waals surface area contributed by atoms with Crippen molar-refractivity contribution in [2.75, 3.05) is 11.9 Å². The van der Waals surface area contributed by atoms with Crippen LogP contribution in [0.5, 0.6) is 0 Å². The molecule has 35 heavy (non-hydrogen) atoms. The number of aliphatic imine (C=N–C) groups is 1. The molecule has 8 N–H and O–H groups in total. The molecule has 2 rings (SSSR count). The van der Waals surface area contributed by atoms with Gasteiger partial charge in [-0.3, -0.25) is 19.4 Å². The van der Waals surface area contributed by atoms with Gasteiger partial charge in [-0.1, -0.05) is 31.4 Å². The number of unbranched alkanes of at least 4 members (excludes halogenated alkanes) is 1. The predicted octanol–water partition coefficient (Wildman–Crippen LogP) is 0.348. The van der Waals surface area contributed by atoms with Gasteiger partial charge >= 0.3 is 5.97 Å². The van der Waals surface area contributed by atoms with Gasteiger partial charge in [0.15, 0.2) is 17.8 Å². The Morgan fingerprint density at radius 1 is 1.14 bits per heavy atom. The number of carboxylic acids is 1. The van der Waals surface area contributed by atoms with E-state index >= 15 is 0 Å². The van der Waals surface area contributed by atoms with E-state index < -0.39 is 29.7 Å². The minimum atomic E-state index is -1.26. The summed E-state index contributed by atoms with van der Waals surface area (Å²) >= 11 is 0. The van der Waals surface area contributed by atoms with Gasteiger partial charge < -0.3 is 32.5 Å². The number of amides is 2.